The molecular weight excluding hydrogens is 364 g/mol. The molecule has 0 aliphatic heterocycles. The molecule has 0 saturated heterocycles. The zero-order chi connectivity index (χ0) is 13.1. The first-order valence-electron chi connectivity index (χ1n) is 5.27. The lowest BCUT2D eigenvalue weighted by Crippen LogP contribution is -2.01. The SMILES string of the molecule is COc1ccc(OC)c2nc(CBr)c(CBr)nc12. The van der Waals surface area contributed by atoms with Gasteiger partial charge in [-0.05, 0) is 12.1 Å². The van der Waals surface area contributed by atoms with Crippen LogP contribution in [0.4, 0.5) is 0 Å². The number of alkyl halides is 2. The minimum Gasteiger partial charge on any atom is -0.494 e. The molecule has 0 aliphatic rings. The van der Waals surface area contributed by atoms with Crippen molar-refractivity contribution in [2.45, 2.75) is 10.7 Å². The summed E-state index contributed by atoms with van der Waals surface area (Å²) < 4.78 is 10.6. The number of hydrogen-bond donors (Lipinski definition) is 0. The Hall–Kier alpha value is -0.880. The maximum atomic E-state index is 5.31. The number of aromatic nitrogens is 2. The summed E-state index contributed by atoms with van der Waals surface area (Å²) >= 11 is 6.84. The Balaban J connectivity index is 2.80. The minimum absolute atomic E-state index is 0.650. The normalized spacial score (nSPS) is 10.7. The lowest BCUT2D eigenvalue weighted by Gasteiger charge is -2.11. The first kappa shape index (κ1) is 13.5. The summed E-state index contributed by atoms with van der Waals surface area (Å²) in [5.41, 5.74) is 3.23. The van der Waals surface area contributed by atoms with Crippen LogP contribution in [0.2, 0.25) is 0 Å². The van der Waals surface area contributed by atoms with E-state index in [0.29, 0.717) is 22.2 Å². The number of fused-ring (bicyclic) bond motifs is 1. The molecule has 0 amide bonds. The molecule has 0 spiro atoms. The van der Waals surface area contributed by atoms with Crippen molar-refractivity contribution in [3.63, 3.8) is 0 Å². The maximum Gasteiger partial charge on any atom is 0.146 e. The highest BCUT2D eigenvalue weighted by Gasteiger charge is 2.14. The second-order valence-corrected chi connectivity index (χ2v) is 4.67. The van der Waals surface area contributed by atoms with E-state index in [9.17, 15) is 0 Å². The topological polar surface area (TPSA) is 44.2 Å². The van der Waals surface area contributed by atoms with E-state index in [1.54, 1.807) is 14.2 Å². The van der Waals surface area contributed by atoms with E-state index in [2.05, 4.69) is 41.8 Å². The van der Waals surface area contributed by atoms with Gasteiger partial charge in [0.1, 0.15) is 22.5 Å². The second kappa shape index (κ2) is 5.84. The van der Waals surface area contributed by atoms with Gasteiger partial charge in [-0.15, -0.1) is 0 Å². The van der Waals surface area contributed by atoms with Crippen LogP contribution in [-0.4, -0.2) is 24.2 Å². The highest BCUT2D eigenvalue weighted by molar-refractivity contribution is 9.09. The van der Waals surface area contributed by atoms with Crippen molar-refractivity contribution in [1.82, 2.24) is 9.97 Å². The Kier molecular flexibility index (Phi) is 4.40. The fourth-order valence-electron chi connectivity index (χ4n) is 1.70. The van der Waals surface area contributed by atoms with E-state index >= 15 is 0 Å². The van der Waals surface area contributed by atoms with Crippen LogP contribution in [0.15, 0.2) is 12.1 Å². The summed E-state index contributed by atoms with van der Waals surface area (Å²) in [6.45, 7) is 0. The van der Waals surface area contributed by atoms with Crippen molar-refractivity contribution in [1.29, 1.82) is 0 Å². The van der Waals surface area contributed by atoms with E-state index in [0.717, 1.165) is 22.4 Å². The van der Waals surface area contributed by atoms with Crippen molar-refractivity contribution in [3.05, 3.63) is 23.5 Å². The van der Waals surface area contributed by atoms with Crippen LogP contribution in [-0.2, 0) is 10.7 Å². The number of rotatable bonds is 4. The van der Waals surface area contributed by atoms with E-state index < -0.39 is 0 Å². The Morgan fingerprint density at radius 3 is 1.56 bits per heavy atom. The highest BCUT2D eigenvalue weighted by Crippen LogP contribution is 2.31. The van der Waals surface area contributed by atoms with E-state index in [1.807, 2.05) is 12.1 Å². The fraction of sp³-hybridized carbons (Fsp3) is 0.333. The summed E-state index contributed by atoms with van der Waals surface area (Å²) in [5, 5.41) is 1.30. The van der Waals surface area contributed by atoms with Crippen molar-refractivity contribution >= 4 is 42.9 Å². The van der Waals surface area contributed by atoms with Gasteiger partial charge >= 0.3 is 0 Å². The Bertz CT molecular complexity index is 525. The summed E-state index contributed by atoms with van der Waals surface area (Å²) in [6, 6.07) is 3.67. The Labute approximate surface area is 122 Å². The number of hydrogen-bond acceptors (Lipinski definition) is 4. The van der Waals surface area contributed by atoms with Gasteiger partial charge in [-0.25, -0.2) is 9.97 Å². The molecule has 2 aromatic rings. The number of nitrogens with zero attached hydrogens (tertiary/aromatic N) is 2. The van der Waals surface area contributed by atoms with Gasteiger partial charge in [0.2, 0.25) is 0 Å². The number of benzene rings is 1. The minimum atomic E-state index is 0.650. The molecule has 4 nitrogen and oxygen atoms in total. The lowest BCUT2D eigenvalue weighted by atomic mass is 10.2. The third-order valence-electron chi connectivity index (χ3n) is 2.60. The molecule has 0 fully saturated rings. The third kappa shape index (κ3) is 2.31. The van der Waals surface area contributed by atoms with Gasteiger partial charge in [0.05, 0.1) is 25.6 Å². The van der Waals surface area contributed by atoms with Gasteiger partial charge in [0.15, 0.2) is 0 Å². The zero-order valence-electron chi connectivity index (χ0n) is 10.0. The summed E-state index contributed by atoms with van der Waals surface area (Å²) in [6.07, 6.45) is 0. The third-order valence-corrected chi connectivity index (χ3v) is 3.66. The maximum absolute atomic E-state index is 5.31. The molecule has 1 heterocycles. The predicted octanol–water partition coefficient (Wildman–Crippen LogP) is 3.44. The van der Waals surface area contributed by atoms with Crippen LogP contribution in [0.3, 0.4) is 0 Å². The van der Waals surface area contributed by atoms with Gasteiger partial charge < -0.3 is 9.47 Å². The first-order chi connectivity index (χ1) is 8.74. The molecule has 0 aliphatic carbocycles. The quantitative estimate of drug-likeness (QED) is 0.768. The van der Waals surface area contributed by atoms with E-state index in [4.69, 9.17) is 9.47 Å². The molecule has 0 N–H and O–H groups in total. The van der Waals surface area contributed by atoms with Crippen molar-refractivity contribution in [3.8, 4) is 11.5 Å². The van der Waals surface area contributed by atoms with E-state index in [-0.39, 0.29) is 0 Å². The van der Waals surface area contributed by atoms with Crippen molar-refractivity contribution < 1.29 is 9.47 Å². The number of ether oxygens (including phenoxy) is 2. The summed E-state index contributed by atoms with van der Waals surface area (Å²) in [4.78, 5) is 9.20. The predicted molar refractivity (Wildman–Crippen MR) is 77.9 cm³/mol. The molecule has 0 bridgehead atoms. The average Bonchev–Trinajstić information content (AvgIpc) is 2.44. The van der Waals surface area contributed by atoms with E-state index in [1.165, 1.54) is 0 Å². The van der Waals surface area contributed by atoms with Crippen LogP contribution in [0.1, 0.15) is 11.4 Å². The number of methoxy groups -OCH3 is 2. The Morgan fingerprint density at radius 2 is 1.28 bits per heavy atom. The Morgan fingerprint density at radius 1 is 0.889 bits per heavy atom. The van der Waals surface area contributed by atoms with Crippen molar-refractivity contribution in [2.75, 3.05) is 14.2 Å². The molecule has 0 atom stereocenters. The molecule has 0 radical (unpaired) electrons. The average molecular weight is 376 g/mol. The second-order valence-electron chi connectivity index (χ2n) is 3.55. The van der Waals surface area contributed by atoms with Gasteiger partial charge in [-0.3, -0.25) is 0 Å². The summed E-state index contributed by atoms with van der Waals surface area (Å²) in [5.74, 6) is 1.39. The van der Waals surface area contributed by atoms with Crippen LogP contribution in [0.25, 0.3) is 11.0 Å². The molecule has 18 heavy (non-hydrogen) atoms. The number of halogens is 2. The van der Waals surface area contributed by atoms with Crippen LogP contribution in [0.5, 0.6) is 11.5 Å². The highest BCUT2D eigenvalue weighted by atomic mass is 79.9. The molecule has 6 heteroatoms. The fourth-order valence-corrected chi connectivity index (χ4v) is 2.60. The van der Waals surface area contributed by atoms with Crippen molar-refractivity contribution in [2.24, 2.45) is 0 Å². The van der Waals surface area contributed by atoms with Crippen LogP contribution < -0.4 is 9.47 Å². The van der Waals surface area contributed by atoms with Gasteiger partial charge in [-0.2, -0.15) is 0 Å². The smallest absolute Gasteiger partial charge is 0.146 e. The molecule has 0 saturated carbocycles. The molecular formula is C12H12Br2N2O2. The van der Waals surface area contributed by atoms with Gasteiger partial charge in [0, 0.05) is 10.7 Å². The lowest BCUT2D eigenvalue weighted by molar-refractivity contribution is 0.409. The molecule has 2 rings (SSSR count). The monoisotopic (exact) mass is 374 g/mol. The summed E-state index contributed by atoms with van der Waals surface area (Å²) in [7, 11) is 3.24. The molecule has 96 valence electrons. The largest absolute Gasteiger partial charge is 0.494 e. The first-order valence-corrected chi connectivity index (χ1v) is 7.51. The van der Waals surface area contributed by atoms with Gasteiger partial charge in [-0.1, -0.05) is 31.9 Å². The molecule has 1 aromatic heterocycles. The van der Waals surface area contributed by atoms with Gasteiger partial charge in [0.25, 0.3) is 0 Å². The molecule has 0 unspecified atom stereocenters. The standard InChI is InChI=1S/C12H12Br2N2O2/c1-17-9-3-4-10(18-2)12-11(9)15-7(5-13)8(6-14)16-12/h3-4H,5-6H2,1-2H3. The van der Waals surface area contributed by atoms with Crippen LogP contribution in [0, 0.1) is 0 Å². The van der Waals surface area contributed by atoms with Crippen LogP contribution >= 0.6 is 31.9 Å². The molecule has 1 aromatic carbocycles. The zero-order valence-corrected chi connectivity index (χ0v) is 13.2.